The highest BCUT2D eigenvalue weighted by Gasteiger charge is 2.28. The summed E-state index contributed by atoms with van der Waals surface area (Å²) in [5.74, 6) is 0.572. The average molecular weight is 365 g/mol. The van der Waals surface area contributed by atoms with Crippen LogP contribution in [-0.4, -0.2) is 53.7 Å². The second kappa shape index (κ2) is 7.68. The van der Waals surface area contributed by atoms with Gasteiger partial charge in [0.1, 0.15) is 10.9 Å². The molecule has 2 heterocycles. The summed E-state index contributed by atoms with van der Waals surface area (Å²) in [5, 5.41) is 3.21. The van der Waals surface area contributed by atoms with Gasteiger partial charge in [-0.2, -0.15) is 4.98 Å². The number of anilines is 1. The number of nitrogens with two attached hydrogens (primary N) is 1. The fourth-order valence-corrected chi connectivity index (χ4v) is 2.51. The molecule has 0 spiro atoms. The topological polar surface area (TPSA) is 124 Å². The zero-order valence-corrected chi connectivity index (χ0v) is 14.3. The largest absolute Gasteiger partial charge is 0.437 e. The molecule has 1 atom stereocenters. The normalized spacial score (nSPS) is 19.6. The summed E-state index contributed by atoms with van der Waals surface area (Å²) in [6, 6.07) is 1.49. The van der Waals surface area contributed by atoms with Crippen LogP contribution in [0.5, 0.6) is 5.88 Å². The van der Waals surface area contributed by atoms with Crippen molar-refractivity contribution in [1.82, 2.24) is 9.97 Å². The molecule has 3 rings (SSSR count). The van der Waals surface area contributed by atoms with Gasteiger partial charge in [-0.15, -0.1) is 0 Å². The Balaban J connectivity index is 1.80. The van der Waals surface area contributed by atoms with Crippen LogP contribution in [0, 0.1) is 0 Å². The first kappa shape index (κ1) is 17.5. The lowest BCUT2D eigenvalue weighted by Gasteiger charge is -2.22. The number of methoxy groups -OCH3 is 1. The Bertz CT molecular complexity index is 777. The number of ether oxygens (including phenoxy) is 2. The van der Waals surface area contributed by atoms with Crippen molar-refractivity contribution in [2.75, 3.05) is 25.6 Å². The fraction of sp³-hybridized carbons (Fsp3) is 0.400. The van der Waals surface area contributed by atoms with Gasteiger partial charge < -0.3 is 20.5 Å². The summed E-state index contributed by atoms with van der Waals surface area (Å²) >= 11 is 6.02. The van der Waals surface area contributed by atoms with Crippen molar-refractivity contribution in [2.24, 2.45) is 15.7 Å². The van der Waals surface area contributed by atoms with Gasteiger partial charge in [0, 0.05) is 19.7 Å². The van der Waals surface area contributed by atoms with E-state index in [1.54, 1.807) is 7.11 Å². The lowest BCUT2D eigenvalue weighted by molar-refractivity contribution is -0.118. The standard InChI is InChI=1S/C15H17ClN6O3/c1-24-6-5-18-15-20-10(16)7-11(21-15)25-9-4-2-3-8-12(9)22-13(17)14(23)19-8/h4,7,13H,2-3,5-6,17H2,1H3,(H,18,20,21). The molecule has 9 nitrogen and oxygen atoms in total. The van der Waals surface area contributed by atoms with Crippen molar-refractivity contribution in [2.45, 2.75) is 19.0 Å². The van der Waals surface area contributed by atoms with E-state index in [1.807, 2.05) is 6.08 Å². The zero-order valence-electron chi connectivity index (χ0n) is 13.5. The molecule has 0 saturated carbocycles. The van der Waals surface area contributed by atoms with E-state index in [9.17, 15) is 4.79 Å². The van der Waals surface area contributed by atoms with E-state index in [2.05, 4.69) is 25.3 Å². The smallest absolute Gasteiger partial charge is 0.285 e. The summed E-state index contributed by atoms with van der Waals surface area (Å²) in [7, 11) is 1.60. The van der Waals surface area contributed by atoms with Gasteiger partial charge in [0.2, 0.25) is 11.8 Å². The molecule has 3 N–H and O–H groups in total. The number of carbonyl (C=O) groups excluding carboxylic acids is 1. The predicted octanol–water partition coefficient (Wildman–Crippen LogP) is 0.952. The maximum Gasteiger partial charge on any atom is 0.285 e. The number of halogens is 1. The van der Waals surface area contributed by atoms with Gasteiger partial charge in [0.25, 0.3) is 5.91 Å². The average Bonchev–Trinajstić information content (AvgIpc) is 2.56. The molecule has 1 amide bonds. The Kier molecular flexibility index (Phi) is 5.37. The van der Waals surface area contributed by atoms with Crippen LogP contribution in [0.25, 0.3) is 0 Å². The second-order valence-corrected chi connectivity index (χ2v) is 5.69. The molecule has 1 aromatic heterocycles. The van der Waals surface area contributed by atoms with E-state index in [0.717, 1.165) is 0 Å². The van der Waals surface area contributed by atoms with E-state index in [4.69, 9.17) is 26.8 Å². The Morgan fingerprint density at radius 3 is 3.08 bits per heavy atom. The summed E-state index contributed by atoms with van der Waals surface area (Å²) in [4.78, 5) is 28.1. The molecule has 1 unspecified atom stereocenters. The highest BCUT2D eigenvalue weighted by atomic mass is 35.5. The third-order valence-corrected chi connectivity index (χ3v) is 3.65. The van der Waals surface area contributed by atoms with Crippen molar-refractivity contribution in [3.8, 4) is 5.88 Å². The van der Waals surface area contributed by atoms with Gasteiger partial charge >= 0.3 is 0 Å². The minimum absolute atomic E-state index is 0.229. The molecule has 0 saturated heterocycles. The molecule has 0 bridgehead atoms. The Labute approximate surface area is 149 Å². The van der Waals surface area contributed by atoms with Gasteiger partial charge in [-0.05, 0) is 18.9 Å². The van der Waals surface area contributed by atoms with Crippen LogP contribution in [-0.2, 0) is 9.53 Å². The molecule has 2 aliphatic rings. The maximum absolute atomic E-state index is 11.6. The van der Waals surface area contributed by atoms with Crippen molar-refractivity contribution < 1.29 is 14.3 Å². The van der Waals surface area contributed by atoms with Crippen LogP contribution in [0.4, 0.5) is 5.95 Å². The fourth-order valence-electron chi connectivity index (χ4n) is 2.33. The van der Waals surface area contributed by atoms with Crippen molar-refractivity contribution in [3.05, 3.63) is 23.1 Å². The number of hydrogen-bond acceptors (Lipinski definition) is 8. The van der Waals surface area contributed by atoms with Crippen LogP contribution in [0.2, 0.25) is 5.15 Å². The maximum atomic E-state index is 11.6. The highest BCUT2D eigenvalue weighted by Crippen LogP contribution is 2.23. The second-order valence-electron chi connectivity index (χ2n) is 5.30. The predicted molar refractivity (Wildman–Crippen MR) is 93.2 cm³/mol. The first-order valence-corrected chi connectivity index (χ1v) is 8.05. The quantitative estimate of drug-likeness (QED) is 0.568. The molecule has 0 radical (unpaired) electrons. The molecule has 10 heteroatoms. The van der Waals surface area contributed by atoms with Gasteiger partial charge in [-0.25, -0.2) is 9.98 Å². The third kappa shape index (κ3) is 4.19. The molecule has 1 aliphatic carbocycles. The summed E-state index contributed by atoms with van der Waals surface area (Å²) < 4.78 is 10.8. The van der Waals surface area contributed by atoms with E-state index in [-0.39, 0.29) is 11.0 Å². The number of nitrogens with one attached hydrogen (secondary N) is 1. The summed E-state index contributed by atoms with van der Waals surface area (Å²) in [6.45, 7) is 1.03. The van der Waals surface area contributed by atoms with Crippen molar-refractivity contribution >= 4 is 34.9 Å². The number of rotatable bonds is 6. The monoisotopic (exact) mass is 364 g/mol. The molecular weight excluding hydrogens is 348 g/mol. The molecule has 1 aliphatic heterocycles. The van der Waals surface area contributed by atoms with Crippen LogP contribution in [0.1, 0.15) is 12.8 Å². The van der Waals surface area contributed by atoms with Gasteiger partial charge in [0.15, 0.2) is 11.9 Å². The lowest BCUT2D eigenvalue weighted by atomic mass is 10.00. The number of amides is 1. The molecule has 25 heavy (non-hydrogen) atoms. The Morgan fingerprint density at radius 2 is 2.28 bits per heavy atom. The first-order valence-electron chi connectivity index (χ1n) is 7.68. The Morgan fingerprint density at radius 1 is 1.44 bits per heavy atom. The van der Waals surface area contributed by atoms with Crippen LogP contribution in [0.3, 0.4) is 0 Å². The van der Waals surface area contributed by atoms with Crippen LogP contribution in [0.15, 0.2) is 27.9 Å². The molecule has 0 fully saturated rings. The highest BCUT2D eigenvalue weighted by molar-refractivity contribution is 6.50. The number of allylic oxidation sites excluding steroid dienone is 2. The molecule has 132 valence electrons. The molecule has 1 aromatic rings. The minimum Gasteiger partial charge on any atom is -0.437 e. The number of nitrogens with zero attached hydrogens (tertiary/aromatic N) is 4. The lowest BCUT2D eigenvalue weighted by Crippen LogP contribution is -2.38. The number of aliphatic imine (C=N–C) groups is 2. The van der Waals surface area contributed by atoms with Crippen LogP contribution >= 0.6 is 11.6 Å². The van der Waals surface area contributed by atoms with Gasteiger partial charge in [-0.1, -0.05) is 11.6 Å². The molecule has 0 aromatic carbocycles. The number of hydrogen-bond donors (Lipinski definition) is 2. The number of carbonyl (C=O) groups is 1. The van der Waals surface area contributed by atoms with Crippen molar-refractivity contribution in [1.29, 1.82) is 0 Å². The number of aromatic nitrogens is 2. The Hall–Kier alpha value is -2.36. The molecular formula is C15H17ClN6O3. The van der Waals surface area contributed by atoms with Gasteiger partial charge in [0.05, 0.1) is 12.3 Å². The van der Waals surface area contributed by atoms with E-state index >= 15 is 0 Å². The van der Waals surface area contributed by atoms with E-state index in [0.29, 0.717) is 49.1 Å². The zero-order chi connectivity index (χ0) is 17.8. The summed E-state index contributed by atoms with van der Waals surface area (Å²) in [5.41, 5.74) is 6.71. The first-order chi connectivity index (χ1) is 12.1. The third-order valence-electron chi connectivity index (χ3n) is 3.46. The van der Waals surface area contributed by atoms with Gasteiger partial charge in [-0.3, -0.25) is 9.79 Å². The SMILES string of the molecule is COCCNc1nc(Cl)cc(OC2=CCCC3=NC(=O)C(N)N=C23)n1. The summed E-state index contributed by atoms with van der Waals surface area (Å²) in [6.07, 6.45) is 2.13. The van der Waals surface area contributed by atoms with E-state index < -0.39 is 12.1 Å². The number of fused-ring (bicyclic) bond motifs is 1. The van der Waals surface area contributed by atoms with Crippen molar-refractivity contribution in [3.63, 3.8) is 0 Å². The minimum atomic E-state index is -1.01. The van der Waals surface area contributed by atoms with Crippen LogP contribution < -0.4 is 15.8 Å². The van der Waals surface area contributed by atoms with E-state index in [1.165, 1.54) is 6.07 Å².